The van der Waals surface area contributed by atoms with Crippen LogP contribution in [0.15, 0.2) is 41.0 Å². The van der Waals surface area contributed by atoms with Crippen molar-refractivity contribution < 1.29 is 9.13 Å². The van der Waals surface area contributed by atoms with Crippen LogP contribution in [0, 0.1) is 6.92 Å². The Morgan fingerprint density at radius 2 is 2.20 bits per heavy atom. The van der Waals surface area contributed by atoms with Crippen LogP contribution < -0.4 is 5.56 Å². The summed E-state index contributed by atoms with van der Waals surface area (Å²) < 4.78 is 23.0. The zero-order valence-corrected chi connectivity index (χ0v) is 15.1. The fourth-order valence-corrected chi connectivity index (χ4v) is 3.17. The van der Waals surface area contributed by atoms with Gasteiger partial charge in [-0.15, -0.1) is 0 Å². The Bertz CT molecular complexity index is 900. The zero-order chi connectivity index (χ0) is 18.2. The van der Waals surface area contributed by atoms with Crippen LogP contribution >= 0.6 is 0 Å². The number of ether oxygens (including phenoxy) is 1. The lowest BCUT2D eigenvalue weighted by Crippen LogP contribution is -2.26. The molecule has 0 saturated carbocycles. The number of aromatic nitrogens is 3. The molecule has 6 heteroatoms. The first kappa shape index (κ1) is 17.6. The van der Waals surface area contributed by atoms with E-state index in [2.05, 4.69) is 11.1 Å². The van der Waals surface area contributed by atoms with Crippen LogP contribution in [0.1, 0.15) is 38.2 Å². The van der Waals surface area contributed by atoms with Gasteiger partial charge in [0.25, 0.3) is 5.56 Å². The molecule has 0 saturated heterocycles. The zero-order valence-electron chi connectivity index (χ0n) is 15.1. The smallest absolute Gasteiger partial charge is 0.276 e. The largest absolute Gasteiger partial charge is 0.377 e. The molecule has 2 aromatic heterocycles. The lowest BCUT2D eigenvalue weighted by Gasteiger charge is -2.15. The van der Waals surface area contributed by atoms with Crippen molar-refractivity contribution >= 4 is 5.52 Å². The van der Waals surface area contributed by atoms with Crippen LogP contribution in [-0.2, 0) is 17.0 Å². The third kappa shape index (κ3) is 3.44. The van der Waals surface area contributed by atoms with Crippen molar-refractivity contribution in [2.75, 3.05) is 7.11 Å². The van der Waals surface area contributed by atoms with Crippen molar-refractivity contribution in [2.45, 2.75) is 51.9 Å². The minimum Gasteiger partial charge on any atom is -0.377 e. The second kappa shape index (κ2) is 6.59. The van der Waals surface area contributed by atoms with Crippen LogP contribution in [0.25, 0.3) is 5.52 Å². The number of alkyl halides is 1. The number of rotatable bonds is 4. The number of hydrogen-bond acceptors (Lipinski definition) is 3. The molecule has 0 fully saturated rings. The lowest BCUT2D eigenvalue weighted by molar-refractivity contribution is 0.135. The Labute approximate surface area is 146 Å². The number of halogens is 1. The summed E-state index contributed by atoms with van der Waals surface area (Å²) in [5.74, 6) is 0.242. The Morgan fingerprint density at radius 1 is 1.44 bits per heavy atom. The maximum absolute atomic E-state index is 14.3. The number of imidazole rings is 1. The molecule has 134 valence electrons. The molecule has 2 heterocycles. The molecule has 1 atom stereocenters. The summed E-state index contributed by atoms with van der Waals surface area (Å²) in [5, 5.41) is 0. The van der Waals surface area contributed by atoms with Gasteiger partial charge in [-0.3, -0.25) is 9.20 Å². The fraction of sp³-hybridized carbons (Fsp3) is 0.474. The van der Waals surface area contributed by atoms with Gasteiger partial charge in [-0.25, -0.2) is 9.37 Å². The number of methoxy groups -OCH3 is 1. The van der Waals surface area contributed by atoms with Gasteiger partial charge in [0.1, 0.15) is 5.52 Å². The van der Waals surface area contributed by atoms with E-state index in [9.17, 15) is 9.18 Å². The molecule has 25 heavy (non-hydrogen) atoms. The minimum absolute atomic E-state index is 0.109. The Morgan fingerprint density at radius 3 is 2.88 bits per heavy atom. The minimum atomic E-state index is -1.61. The number of allylic oxidation sites excluding steroid dienone is 3. The number of aryl methyl sites for hydroxylation is 1. The second-order valence-corrected chi connectivity index (χ2v) is 6.96. The van der Waals surface area contributed by atoms with E-state index in [1.54, 1.807) is 22.3 Å². The van der Waals surface area contributed by atoms with Crippen LogP contribution in [0.2, 0.25) is 0 Å². The molecule has 0 spiro atoms. The van der Waals surface area contributed by atoms with Gasteiger partial charge < -0.3 is 9.30 Å². The second-order valence-electron chi connectivity index (χ2n) is 6.96. The van der Waals surface area contributed by atoms with Gasteiger partial charge in [0.2, 0.25) is 0 Å². The first-order chi connectivity index (χ1) is 11.8. The maximum Gasteiger partial charge on any atom is 0.276 e. The fourth-order valence-electron chi connectivity index (χ4n) is 3.17. The summed E-state index contributed by atoms with van der Waals surface area (Å²) in [6.07, 6.45) is 11.4. The van der Waals surface area contributed by atoms with Gasteiger partial charge in [-0.2, -0.15) is 0 Å². The van der Waals surface area contributed by atoms with Crippen molar-refractivity contribution in [1.82, 2.24) is 14.0 Å². The molecule has 0 aromatic carbocycles. The van der Waals surface area contributed by atoms with Crippen LogP contribution in [-0.4, -0.2) is 27.2 Å². The molecule has 2 aromatic rings. The standard InChI is InChI=1S/C19H24FN3O2/c1-13-11-23-16(10-21-18(23)19(2,3)20)17(24)22(13)12-14-6-5-7-15(25-4)9-8-14/h6,8-11,15H,5,7,12H2,1-4H3. The van der Waals surface area contributed by atoms with E-state index in [-0.39, 0.29) is 17.5 Å². The molecule has 5 nitrogen and oxygen atoms in total. The molecule has 0 aliphatic heterocycles. The lowest BCUT2D eigenvalue weighted by atomic mass is 10.1. The average Bonchev–Trinajstić information content (AvgIpc) is 2.84. The summed E-state index contributed by atoms with van der Waals surface area (Å²) in [7, 11) is 1.70. The predicted molar refractivity (Wildman–Crippen MR) is 95.6 cm³/mol. The van der Waals surface area contributed by atoms with E-state index in [0.29, 0.717) is 12.1 Å². The molecule has 0 radical (unpaired) electrons. The normalized spacial score (nSPS) is 18.4. The topological polar surface area (TPSA) is 48.5 Å². The third-order valence-electron chi connectivity index (χ3n) is 4.56. The highest BCUT2D eigenvalue weighted by molar-refractivity contribution is 5.45. The van der Waals surface area contributed by atoms with E-state index in [0.717, 1.165) is 24.1 Å². The first-order valence-corrected chi connectivity index (χ1v) is 8.48. The predicted octanol–water partition coefficient (Wildman–Crippen LogP) is 3.30. The van der Waals surface area contributed by atoms with Crippen molar-refractivity contribution in [3.8, 4) is 0 Å². The maximum atomic E-state index is 14.3. The van der Waals surface area contributed by atoms with E-state index >= 15 is 0 Å². The van der Waals surface area contributed by atoms with Crippen molar-refractivity contribution in [3.05, 3.63) is 58.1 Å². The van der Waals surface area contributed by atoms with Crippen molar-refractivity contribution in [1.29, 1.82) is 0 Å². The molecule has 0 amide bonds. The molecule has 1 aliphatic carbocycles. The van der Waals surface area contributed by atoms with E-state index in [1.807, 2.05) is 19.1 Å². The van der Waals surface area contributed by atoms with Gasteiger partial charge in [-0.1, -0.05) is 18.2 Å². The molecule has 3 rings (SSSR count). The number of fused-ring (bicyclic) bond motifs is 1. The molecule has 1 aliphatic rings. The highest BCUT2D eigenvalue weighted by atomic mass is 19.1. The Hall–Kier alpha value is -2.21. The monoisotopic (exact) mass is 345 g/mol. The van der Waals surface area contributed by atoms with Gasteiger partial charge in [-0.05, 0) is 39.2 Å². The quantitative estimate of drug-likeness (QED) is 0.854. The molecule has 0 N–H and O–H groups in total. The van der Waals surface area contributed by atoms with Crippen LogP contribution in [0.5, 0.6) is 0 Å². The summed E-state index contributed by atoms with van der Waals surface area (Å²) in [4.78, 5) is 17.0. The Kier molecular flexibility index (Phi) is 4.64. The molecule has 1 unspecified atom stereocenters. The van der Waals surface area contributed by atoms with Gasteiger partial charge >= 0.3 is 0 Å². The van der Waals surface area contributed by atoms with Gasteiger partial charge in [0, 0.05) is 19.0 Å². The summed E-state index contributed by atoms with van der Waals surface area (Å²) in [6, 6.07) is 0. The van der Waals surface area contributed by atoms with Gasteiger partial charge in [0.15, 0.2) is 11.5 Å². The SMILES string of the molecule is COC1C=CC(Cn2c(C)cn3c(C(C)(C)F)ncc3c2=O)=CCC1. The Balaban J connectivity index is 2.01. The number of hydrogen-bond donors (Lipinski definition) is 0. The first-order valence-electron chi connectivity index (χ1n) is 8.48. The average molecular weight is 345 g/mol. The van der Waals surface area contributed by atoms with Crippen molar-refractivity contribution in [3.63, 3.8) is 0 Å². The number of nitrogens with zero attached hydrogens (tertiary/aromatic N) is 3. The molecular weight excluding hydrogens is 321 g/mol. The van der Waals surface area contributed by atoms with E-state index < -0.39 is 5.67 Å². The van der Waals surface area contributed by atoms with Crippen molar-refractivity contribution in [2.24, 2.45) is 0 Å². The van der Waals surface area contributed by atoms with E-state index in [1.165, 1.54) is 20.0 Å². The van der Waals surface area contributed by atoms with E-state index in [4.69, 9.17) is 4.74 Å². The summed E-state index contributed by atoms with van der Waals surface area (Å²) in [5.41, 5.74) is 0.450. The summed E-state index contributed by atoms with van der Waals surface area (Å²) in [6.45, 7) is 5.22. The van der Waals surface area contributed by atoms with Crippen LogP contribution in [0.4, 0.5) is 4.39 Å². The van der Waals surface area contributed by atoms with Gasteiger partial charge in [0.05, 0.1) is 18.8 Å². The highest BCUT2D eigenvalue weighted by Gasteiger charge is 2.25. The molecule has 0 bridgehead atoms. The van der Waals surface area contributed by atoms with Crippen LogP contribution in [0.3, 0.4) is 0 Å². The third-order valence-corrected chi connectivity index (χ3v) is 4.56. The summed E-state index contributed by atoms with van der Waals surface area (Å²) >= 11 is 0. The highest BCUT2D eigenvalue weighted by Crippen LogP contribution is 2.23. The molecular formula is C19H24FN3O2.